The van der Waals surface area contributed by atoms with Gasteiger partial charge in [0.1, 0.15) is 0 Å². The van der Waals surface area contributed by atoms with Gasteiger partial charge in [0.2, 0.25) is 0 Å². The van der Waals surface area contributed by atoms with Gasteiger partial charge >= 0.3 is 0 Å². The van der Waals surface area contributed by atoms with E-state index in [1.54, 1.807) is 12.3 Å². The molecular formula is C23H27N5O2. The summed E-state index contributed by atoms with van der Waals surface area (Å²) in [5.74, 6) is 2.14. The number of fused-ring (bicyclic) bond motifs is 4. The molecule has 2 aliphatic heterocycles. The maximum atomic E-state index is 12.7. The highest BCUT2D eigenvalue weighted by atomic mass is 16.3. The first kappa shape index (κ1) is 19.2. The van der Waals surface area contributed by atoms with Gasteiger partial charge in [0, 0.05) is 61.8 Å². The summed E-state index contributed by atoms with van der Waals surface area (Å²) in [4.78, 5) is 26.3. The molecule has 0 aromatic carbocycles. The second kappa shape index (κ2) is 7.81. The number of hydrogen-bond acceptors (Lipinski definition) is 6. The molecule has 0 spiro atoms. The normalized spacial score (nSPS) is 23.5. The van der Waals surface area contributed by atoms with Crippen molar-refractivity contribution in [2.45, 2.75) is 24.9 Å². The van der Waals surface area contributed by atoms with Gasteiger partial charge in [-0.3, -0.25) is 9.69 Å². The van der Waals surface area contributed by atoms with Crippen LogP contribution in [-0.4, -0.2) is 58.1 Å². The van der Waals surface area contributed by atoms with Crippen LogP contribution in [0.2, 0.25) is 0 Å². The summed E-state index contributed by atoms with van der Waals surface area (Å²) < 4.78 is 7.45. The number of pyridine rings is 1. The Morgan fingerprint density at radius 3 is 2.70 bits per heavy atom. The summed E-state index contributed by atoms with van der Waals surface area (Å²) in [5, 5.41) is 0. The zero-order valence-corrected chi connectivity index (χ0v) is 17.4. The Morgan fingerprint density at radius 2 is 1.97 bits per heavy atom. The van der Waals surface area contributed by atoms with Gasteiger partial charge in [0.05, 0.1) is 12.3 Å². The average Bonchev–Trinajstić information content (AvgIpc) is 3.26. The van der Waals surface area contributed by atoms with Gasteiger partial charge in [0.15, 0.2) is 11.6 Å². The molecule has 5 heterocycles. The summed E-state index contributed by atoms with van der Waals surface area (Å²) in [6.45, 7) is 3.63. The van der Waals surface area contributed by atoms with Crippen LogP contribution in [0, 0.1) is 5.92 Å². The summed E-state index contributed by atoms with van der Waals surface area (Å²) in [6, 6.07) is 9.65. The molecule has 7 nitrogen and oxygen atoms in total. The van der Waals surface area contributed by atoms with E-state index in [2.05, 4.69) is 44.5 Å². The molecular weight excluding hydrogens is 378 g/mol. The van der Waals surface area contributed by atoms with E-state index in [9.17, 15) is 4.79 Å². The van der Waals surface area contributed by atoms with Gasteiger partial charge in [-0.25, -0.2) is 9.97 Å². The number of rotatable bonds is 5. The second-order valence-electron chi connectivity index (χ2n) is 8.77. The predicted molar refractivity (Wildman–Crippen MR) is 114 cm³/mol. The molecule has 156 valence electrons. The van der Waals surface area contributed by atoms with Crippen molar-refractivity contribution in [2.75, 3.05) is 33.7 Å². The van der Waals surface area contributed by atoms with Crippen LogP contribution in [0.25, 0.3) is 11.6 Å². The third-order valence-corrected chi connectivity index (χ3v) is 6.28. The highest BCUT2D eigenvalue weighted by molar-refractivity contribution is 5.45. The maximum absolute atomic E-state index is 12.7. The number of likely N-dealkylation sites (tertiary alicyclic amines) is 1. The molecule has 5 rings (SSSR count). The molecule has 3 aromatic rings. The zero-order chi connectivity index (χ0) is 20.7. The fraction of sp³-hybridized carbons (Fsp3) is 0.435. The molecule has 0 N–H and O–H groups in total. The van der Waals surface area contributed by atoms with Gasteiger partial charge in [-0.15, -0.1) is 0 Å². The van der Waals surface area contributed by atoms with Crippen LogP contribution in [0.5, 0.6) is 0 Å². The molecule has 0 amide bonds. The fourth-order valence-electron chi connectivity index (χ4n) is 5.10. The molecule has 7 heteroatoms. The predicted octanol–water partition coefficient (Wildman–Crippen LogP) is 2.62. The number of nitrogens with zero attached hydrogens (tertiary/aromatic N) is 5. The van der Waals surface area contributed by atoms with E-state index in [-0.39, 0.29) is 11.6 Å². The number of hydrogen-bond donors (Lipinski definition) is 0. The molecule has 0 radical (unpaired) electrons. The van der Waals surface area contributed by atoms with Crippen molar-refractivity contribution in [3.05, 3.63) is 70.6 Å². The van der Waals surface area contributed by atoms with Crippen LogP contribution in [0.1, 0.15) is 29.6 Å². The first-order valence-corrected chi connectivity index (χ1v) is 10.5. The van der Waals surface area contributed by atoms with Crippen molar-refractivity contribution in [3.8, 4) is 11.6 Å². The standard InChI is InChI=1S/C23H27N5O2/c1-26(2)15-20-18-9-17(19-5-3-7-22(29)28(19)20)13-27(14-18)12-16-10-24-23(25-11-16)21-6-4-8-30-21/h3-8,10-11,17-18,20H,9,12-15H2,1-2H3/t17-,18+,20+/m1/s1. The molecule has 0 saturated carbocycles. The number of likely N-dealkylation sites (N-methyl/N-ethyl adjacent to an activating group) is 1. The third kappa shape index (κ3) is 3.59. The summed E-state index contributed by atoms with van der Waals surface area (Å²) in [6.07, 6.45) is 6.56. The molecule has 1 fully saturated rings. The van der Waals surface area contributed by atoms with Gasteiger partial charge in [0.25, 0.3) is 5.56 Å². The number of aromatic nitrogens is 3. The van der Waals surface area contributed by atoms with Crippen LogP contribution in [-0.2, 0) is 6.54 Å². The van der Waals surface area contributed by atoms with Crippen LogP contribution in [0.15, 0.2) is 58.2 Å². The highest BCUT2D eigenvalue weighted by Crippen LogP contribution is 2.41. The lowest BCUT2D eigenvalue weighted by Crippen LogP contribution is -2.51. The quantitative estimate of drug-likeness (QED) is 0.650. The van der Waals surface area contributed by atoms with Crippen LogP contribution >= 0.6 is 0 Å². The van der Waals surface area contributed by atoms with Crippen molar-refractivity contribution >= 4 is 0 Å². The highest BCUT2D eigenvalue weighted by Gasteiger charge is 2.40. The monoisotopic (exact) mass is 405 g/mol. The van der Waals surface area contributed by atoms with Crippen molar-refractivity contribution in [1.82, 2.24) is 24.3 Å². The lowest BCUT2D eigenvalue weighted by molar-refractivity contribution is 0.0742. The zero-order valence-electron chi connectivity index (χ0n) is 17.4. The molecule has 2 aliphatic rings. The Labute approximate surface area is 176 Å². The number of piperidine rings is 1. The Morgan fingerprint density at radius 1 is 1.13 bits per heavy atom. The molecule has 0 unspecified atom stereocenters. The lowest BCUT2D eigenvalue weighted by atomic mass is 9.78. The SMILES string of the molecule is CN(C)C[C@H]1[C@H]2C[C@H](CN(Cc3cnc(-c4ccco4)nc3)C2)c2cccc(=O)n21. The van der Waals surface area contributed by atoms with E-state index >= 15 is 0 Å². The number of furan rings is 1. The summed E-state index contributed by atoms with van der Waals surface area (Å²) in [5.41, 5.74) is 2.41. The van der Waals surface area contributed by atoms with Gasteiger partial charge in [-0.05, 0) is 44.6 Å². The molecule has 3 aromatic heterocycles. The van der Waals surface area contributed by atoms with Gasteiger partial charge < -0.3 is 13.9 Å². The lowest BCUT2D eigenvalue weighted by Gasteiger charge is -2.47. The largest absolute Gasteiger partial charge is 0.461 e. The van der Waals surface area contributed by atoms with Crippen molar-refractivity contribution < 1.29 is 4.42 Å². The van der Waals surface area contributed by atoms with Crippen LogP contribution in [0.3, 0.4) is 0 Å². The smallest absolute Gasteiger partial charge is 0.251 e. The molecule has 30 heavy (non-hydrogen) atoms. The van der Waals surface area contributed by atoms with Crippen LogP contribution < -0.4 is 5.56 Å². The molecule has 0 aliphatic carbocycles. The van der Waals surface area contributed by atoms with E-state index in [1.165, 1.54) is 5.69 Å². The van der Waals surface area contributed by atoms with Gasteiger partial charge in [-0.2, -0.15) is 0 Å². The van der Waals surface area contributed by atoms with E-state index in [0.29, 0.717) is 23.4 Å². The summed E-state index contributed by atoms with van der Waals surface area (Å²) >= 11 is 0. The Kier molecular flexibility index (Phi) is 5.00. The molecule has 2 bridgehead atoms. The van der Waals surface area contributed by atoms with E-state index in [1.807, 2.05) is 30.6 Å². The fourth-order valence-corrected chi connectivity index (χ4v) is 5.10. The Bertz CT molecular complexity index is 1060. The van der Waals surface area contributed by atoms with Crippen molar-refractivity contribution in [3.63, 3.8) is 0 Å². The summed E-state index contributed by atoms with van der Waals surface area (Å²) in [7, 11) is 4.16. The molecule has 1 saturated heterocycles. The minimum atomic E-state index is 0.129. The Balaban J connectivity index is 1.38. The topological polar surface area (TPSA) is 67.4 Å². The molecule has 3 atom stereocenters. The van der Waals surface area contributed by atoms with E-state index in [4.69, 9.17) is 4.42 Å². The third-order valence-electron chi connectivity index (χ3n) is 6.28. The van der Waals surface area contributed by atoms with Gasteiger partial charge in [-0.1, -0.05) is 6.07 Å². The minimum absolute atomic E-state index is 0.129. The van der Waals surface area contributed by atoms with Crippen molar-refractivity contribution in [1.29, 1.82) is 0 Å². The average molecular weight is 406 g/mol. The first-order chi connectivity index (χ1) is 14.6. The van der Waals surface area contributed by atoms with Crippen molar-refractivity contribution in [2.24, 2.45) is 5.92 Å². The second-order valence-corrected chi connectivity index (χ2v) is 8.77. The minimum Gasteiger partial charge on any atom is -0.461 e. The maximum Gasteiger partial charge on any atom is 0.251 e. The van der Waals surface area contributed by atoms with Crippen LogP contribution in [0.4, 0.5) is 0 Å². The first-order valence-electron chi connectivity index (χ1n) is 10.5. The van der Waals surface area contributed by atoms with E-state index < -0.39 is 0 Å². The Hall–Kier alpha value is -2.77. The van der Waals surface area contributed by atoms with E-state index in [0.717, 1.165) is 38.2 Å².